The number of benzene rings is 1. The molecule has 0 heterocycles. The number of halogens is 1. The van der Waals surface area contributed by atoms with Crippen molar-refractivity contribution in [1.82, 2.24) is 0 Å². The van der Waals surface area contributed by atoms with Gasteiger partial charge in [0.25, 0.3) is 0 Å². The zero-order chi connectivity index (χ0) is 15.0. The van der Waals surface area contributed by atoms with Crippen molar-refractivity contribution in [1.29, 1.82) is 0 Å². The number of nitro benzene ring substituents is 1. The second kappa shape index (κ2) is 8.21. The molecule has 20 heavy (non-hydrogen) atoms. The molecule has 0 saturated carbocycles. The summed E-state index contributed by atoms with van der Waals surface area (Å²) in [6, 6.07) is 2.88. The molecule has 0 aliphatic heterocycles. The largest absolute Gasteiger partial charge is 0.460 e. The molecule has 0 spiro atoms. The van der Waals surface area contributed by atoms with Crippen LogP contribution in [0.5, 0.6) is 0 Å². The number of unbranched alkanes of at least 4 members (excludes halogenated alkanes) is 1. The predicted octanol–water partition coefficient (Wildman–Crippen LogP) is 2.71. The van der Waals surface area contributed by atoms with Gasteiger partial charge in [0, 0.05) is 12.7 Å². The third-order valence-corrected chi connectivity index (χ3v) is 2.48. The number of carbonyl (C=O) groups is 1. The molecule has 0 atom stereocenters. The van der Waals surface area contributed by atoms with Gasteiger partial charge in [-0.2, -0.15) is 4.39 Å². The maximum Gasteiger partial charge on any atom is 0.338 e. The maximum absolute atomic E-state index is 13.3. The minimum Gasteiger partial charge on any atom is -0.460 e. The van der Waals surface area contributed by atoms with E-state index in [2.05, 4.69) is 0 Å². The molecule has 0 N–H and O–H groups in total. The summed E-state index contributed by atoms with van der Waals surface area (Å²) in [5.41, 5.74) is -0.744. The van der Waals surface area contributed by atoms with Crippen LogP contribution in [0.1, 0.15) is 30.1 Å². The molecule has 6 nitrogen and oxygen atoms in total. The van der Waals surface area contributed by atoms with Crippen LogP contribution in [0.15, 0.2) is 18.2 Å². The van der Waals surface area contributed by atoms with E-state index in [1.54, 1.807) is 0 Å². The molecular formula is C13H16FNO5. The first-order valence-electron chi connectivity index (χ1n) is 6.25. The Kier molecular flexibility index (Phi) is 6.58. The minimum atomic E-state index is -1.07. The van der Waals surface area contributed by atoms with Crippen LogP contribution in [0.2, 0.25) is 0 Å². The van der Waals surface area contributed by atoms with Crippen LogP contribution in [0.25, 0.3) is 0 Å². The van der Waals surface area contributed by atoms with Crippen molar-refractivity contribution in [2.24, 2.45) is 0 Å². The van der Waals surface area contributed by atoms with E-state index in [9.17, 15) is 19.3 Å². The highest BCUT2D eigenvalue weighted by atomic mass is 19.1. The highest BCUT2D eigenvalue weighted by Crippen LogP contribution is 2.18. The maximum atomic E-state index is 13.3. The molecule has 0 radical (unpaired) electrons. The fraction of sp³-hybridized carbons (Fsp3) is 0.462. The first-order valence-corrected chi connectivity index (χ1v) is 6.25. The molecule has 0 amide bonds. The molecule has 0 saturated heterocycles. The summed E-state index contributed by atoms with van der Waals surface area (Å²) < 4.78 is 23.4. The van der Waals surface area contributed by atoms with Crippen LogP contribution >= 0.6 is 0 Å². The van der Waals surface area contributed by atoms with Gasteiger partial charge in [0.2, 0.25) is 5.82 Å². The summed E-state index contributed by atoms with van der Waals surface area (Å²) in [5.74, 6) is -1.80. The summed E-state index contributed by atoms with van der Waals surface area (Å²) in [6.45, 7) is 2.95. The van der Waals surface area contributed by atoms with Crippen LogP contribution in [-0.2, 0) is 9.47 Å². The van der Waals surface area contributed by atoms with E-state index in [1.807, 2.05) is 6.92 Å². The number of esters is 1. The number of rotatable bonds is 8. The summed E-state index contributed by atoms with van der Waals surface area (Å²) >= 11 is 0. The Morgan fingerprint density at radius 1 is 1.35 bits per heavy atom. The van der Waals surface area contributed by atoms with E-state index >= 15 is 0 Å². The molecule has 0 unspecified atom stereocenters. The van der Waals surface area contributed by atoms with E-state index in [0.29, 0.717) is 6.61 Å². The predicted molar refractivity (Wildman–Crippen MR) is 69.1 cm³/mol. The number of carbonyl (C=O) groups excluding carboxylic acids is 1. The lowest BCUT2D eigenvalue weighted by atomic mass is 10.2. The highest BCUT2D eigenvalue weighted by molar-refractivity contribution is 5.89. The lowest BCUT2D eigenvalue weighted by Gasteiger charge is -2.06. The van der Waals surface area contributed by atoms with Gasteiger partial charge in [-0.25, -0.2) is 4.79 Å². The summed E-state index contributed by atoms with van der Waals surface area (Å²) in [7, 11) is 0. The number of nitrogens with zero attached hydrogens (tertiary/aromatic N) is 1. The Bertz CT molecular complexity index is 478. The third-order valence-electron chi connectivity index (χ3n) is 2.48. The van der Waals surface area contributed by atoms with Crippen molar-refractivity contribution in [2.75, 3.05) is 19.8 Å². The van der Waals surface area contributed by atoms with Gasteiger partial charge in [0.1, 0.15) is 6.61 Å². The van der Waals surface area contributed by atoms with Crippen LogP contribution in [0.3, 0.4) is 0 Å². The SMILES string of the molecule is CCCCOCCOC(=O)c1ccc([N+](=O)[O-])c(F)c1. The zero-order valence-corrected chi connectivity index (χ0v) is 11.1. The third kappa shape index (κ3) is 4.93. The highest BCUT2D eigenvalue weighted by Gasteiger charge is 2.17. The molecular weight excluding hydrogens is 269 g/mol. The molecule has 0 bridgehead atoms. The van der Waals surface area contributed by atoms with Crippen LogP contribution in [0, 0.1) is 15.9 Å². The molecule has 0 aromatic heterocycles. The van der Waals surface area contributed by atoms with Crippen LogP contribution < -0.4 is 0 Å². The van der Waals surface area contributed by atoms with Crippen molar-refractivity contribution in [2.45, 2.75) is 19.8 Å². The van der Waals surface area contributed by atoms with Gasteiger partial charge in [-0.1, -0.05) is 13.3 Å². The Morgan fingerprint density at radius 3 is 2.70 bits per heavy atom. The first kappa shape index (κ1) is 16.0. The van der Waals surface area contributed by atoms with Gasteiger partial charge in [-0.3, -0.25) is 10.1 Å². The smallest absolute Gasteiger partial charge is 0.338 e. The standard InChI is InChI=1S/C13H16FNO5/c1-2-3-6-19-7-8-20-13(16)10-4-5-12(15(17)18)11(14)9-10/h4-5,9H,2-3,6-8H2,1H3. The Labute approximate surface area is 115 Å². The number of nitro groups is 1. The molecule has 1 aromatic rings. The van der Waals surface area contributed by atoms with E-state index < -0.39 is 22.4 Å². The van der Waals surface area contributed by atoms with Gasteiger partial charge in [-0.15, -0.1) is 0 Å². The fourth-order valence-corrected chi connectivity index (χ4v) is 1.41. The molecule has 0 aliphatic carbocycles. The van der Waals surface area contributed by atoms with Crippen molar-refractivity contribution in [3.63, 3.8) is 0 Å². The van der Waals surface area contributed by atoms with E-state index in [1.165, 1.54) is 0 Å². The average molecular weight is 285 g/mol. The minimum absolute atomic E-state index is 0.0567. The van der Waals surface area contributed by atoms with Crippen LogP contribution in [0.4, 0.5) is 10.1 Å². The van der Waals surface area contributed by atoms with Crippen molar-refractivity contribution in [3.05, 3.63) is 39.7 Å². The average Bonchev–Trinajstić information content (AvgIpc) is 2.41. The number of hydrogen-bond acceptors (Lipinski definition) is 5. The Hall–Kier alpha value is -2.02. The molecule has 0 aliphatic rings. The monoisotopic (exact) mass is 285 g/mol. The second-order valence-electron chi connectivity index (χ2n) is 4.03. The van der Waals surface area contributed by atoms with Crippen molar-refractivity contribution < 1.29 is 23.6 Å². The quantitative estimate of drug-likeness (QED) is 0.317. The lowest BCUT2D eigenvalue weighted by molar-refractivity contribution is -0.387. The normalized spacial score (nSPS) is 10.3. The number of hydrogen-bond donors (Lipinski definition) is 0. The fourth-order valence-electron chi connectivity index (χ4n) is 1.41. The molecule has 1 aromatic carbocycles. The molecule has 110 valence electrons. The molecule has 0 fully saturated rings. The van der Waals surface area contributed by atoms with Crippen LogP contribution in [-0.4, -0.2) is 30.7 Å². The van der Waals surface area contributed by atoms with Gasteiger partial charge in [0.05, 0.1) is 17.1 Å². The van der Waals surface area contributed by atoms with Gasteiger partial charge >= 0.3 is 11.7 Å². The van der Waals surface area contributed by atoms with Gasteiger partial charge in [0.15, 0.2) is 0 Å². The summed E-state index contributed by atoms with van der Waals surface area (Å²) in [5, 5.41) is 10.4. The van der Waals surface area contributed by atoms with Crippen molar-refractivity contribution in [3.8, 4) is 0 Å². The lowest BCUT2D eigenvalue weighted by Crippen LogP contribution is -2.11. The van der Waals surface area contributed by atoms with Gasteiger partial charge < -0.3 is 9.47 Å². The Balaban J connectivity index is 2.44. The van der Waals surface area contributed by atoms with Crippen molar-refractivity contribution >= 4 is 11.7 Å². The molecule has 7 heteroatoms. The zero-order valence-electron chi connectivity index (χ0n) is 11.1. The Morgan fingerprint density at radius 2 is 2.10 bits per heavy atom. The van der Waals surface area contributed by atoms with E-state index in [-0.39, 0.29) is 18.8 Å². The molecule has 1 rings (SSSR count). The van der Waals surface area contributed by atoms with E-state index in [0.717, 1.165) is 31.0 Å². The summed E-state index contributed by atoms with van der Waals surface area (Å²) in [6.07, 6.45) is 1.95. The van der Waals surface area contributed by atoms with E-state index in [4.69, 9.17) is 9.47 Å². The van der Waals surface area contributed by atoms with Gasteiger partial charge in [-0.05, 0) is 18.6 Å². The first-order chi connectivity index (χ1) is 9.56. The second-order valence-corrected chi connectivity index (χ2v) is 4.03. The number of ether oxygens (including phenoxy) is 2. The summed E-state index contributed by atoms with van der Waals surface area (Å²) in [4.78, 5) is 21.1. The topological polar surface area (TPSA) is 78.7 Å².